The van der Waals surface area contributed by atoms with Crippen molar-refractivity contribution < 1.29 is 9.47 Å². The smallest absolute Gasteiger partial charge is 0.196 e. The molecule has 1 aromatic carbocycles. The molecule has 2 aliphatic rings. The third-order valence-electron chi connectivity index (χ3n) is 6.01. The molecule has 0 spiro atoms. The van der Waals surface area contributed by atoms with Crippen molar-refractivity contribution in [3.63, 3.8) is 0 Å². The third-order valence-corrected chi connectivity index (χ3v) is 6.01. The number of nitrogens with one attached hydrogen (secondary N) is 2. The summed E-state index contributed by atoms with van der Waals surface area (Å²) in [5, 5.41) is 11.2. The Kier molecular flexibility index (Phi) is 7.87. The van der Waals surface area contributed by atoms with Crippen LogP contribution in [0, 0.1) is 5.92 Å². The molecule has 32 heavy (non-hydrogen) atoms. The van der Waals surface area contributed by atoms with Crippen molar-refractivity contribution in [1.82, 2.24) is 20.0 Å². The fraction of sp³-hybridized carbons (Fsp3) is 0.583. The van der Waals surface area contributed by atoms with Crippen LogP contribution >= 0.6 is 0 Å². The summed E-state index contributed by atoms with van der Waals surface area (Å²) in [5.41, 5.74) is 2.01. The minimum atomic E-state index is 0.567. The van der Waals surface area contributed by atoms with Crippen LogP contribution in [-0.2, 0) is 13.6 Å². The zero-order chi connectivity index (χ0) is 22.2. The van der Waals surface area contributed by atoms with Crippen LogP contribution in [0.2, 0.25) is 0 Å². The van der Waals surface area contributed by atoms with Gasteiger partial charge in [-0.2, -0.15) is 5.10 Å². The van der Waals surface area contributed by atoms with Crippen molar-refractivity contribution in [2.45, 2.75) is 39.2 Å². The lowest BCUT2D eigenvalue weighted by molar-refractivity contribution is 0.191. The Labute approximate surface area is 191 Å². The Balaban J connectivity index is 1.35. The van der Waals surface area contributed by atoms with Crippen LogP contribution in [-0.4, -0.2) is 60.0 Å². The molecule has 0 atom stereocenters. The van der Waals surface area contributed by atoms with E-state index < -0.39 is 0 Å². The van der Waals surface area contributed by atoms with Crippen LogP contribution < -0.4 is 20.1 Å². The van der Waals surface area contributed by atoms with Crippen molar-refractivity contribution in [3.8, 4) is 11.5 Å². The van der Waals surface area contributed by atoms with Gasteiger partial charge in [-0.1, -0.05) is 6.92 Å². The number of nitrogens with zero attached hydrogens (tertiary/aromatic N) is 4. The third kappa shape index (κ3) is 6.63. The lowest BCUT2D eigenvalue weighted by atomic mass is 9.99. The molecule has 0 radical (unpaired) electrons. The topological polar surface area (TPSA) is 75.9 Å². The minimum Gasteiger partial charge on any atom is -0.490 e. The number of aromatic nitrogens is 2. The molecule has 2 aliphatic heterocycles. The molecule has 4 rings (SSSR count). The van der Waals surface area contributed by atoms with E-state index in [0.717, 1.165) is 60.6 Å². The molecular weight excluding hydrogens is 404 g/mol. The first kappa shape index (κ1) is 22.5. The average Bonchev–Trinajstić information content (AvgIpc) is 3.07. The summed E-state index contributed by atoms with van der Waals surface area (Å²) >= 11 is 0. The highest BCUT2D eigenvalue weighted by molar-refractivity contribution is 5.93. The van der Waals surface area contributed by atoms with Gasteiger partial charge in [0.05, 0.1) is 26.0 Å². The summed E-state index contributed by atoms with van der Waals surface area (Å²) in [6, 6.07) is 5.94. The molecule has 0 amide bonds. The molecule has 0 saturated carbocycles. The first-order chi connectivity index (χ1) is 15.7. The normalized spacial score (nSPS) is 17.8. The lowest BCUT2D eigenvalue weighted by Crippen LogP contribution is -2.36. The van der Waals surface area contributed by atoms with Gasteiger partial charge in [0.25, 0.3) is 0 Å². The summed E-state index contributed by atoms with van der Waals surface area (Å²) in [5.74, 6) is 3.20. The Morgan fingerprint density at radius 1 is 1.19 bits per heavy atom. The van der Waals surface area contributed by atoms with E-state index in [1.54, 1.807) is 4.68 Å². The van der Waals surface area contributed by atoms with E-state index in [1.807, 2.05) is 37.6 Å². The van der Waals surface area contributed by atoms with Gasteiger partial charge in [-0.25, -0.2) is 4.99 Å². The van der Waals surface area contributed by atoms with E-state index in [2.05, 4.69) is 27.6 Å². The predicted octanol–water partition coefficient (Wildman–Crippen LogP) is 3.26. The molecule has 3 heterocycles. The van der Waals surface area contributed by atoms with Crippen molar-refractivity contribution in [1.29, 1.82) is 0 Å². The highest BCUT2D eigenvalue weighted by Crippen LogP contribution is 2.32. The Hall–Kier alpha value is -2.74. The summed E-state index contributed by atoms with van der Waals surface area (Å²) in [6.07, 6.45) is 8.46. The maximum atomic E-state index is 5.83. The first-order valence-electron chi connectivity index (χ1n) is 11.8. The summed E-state index contributed by atoms with van der Waals surface area (Å²) in [4.78, 5) is 7.36. The van der Waals surface area contributed by atoms with Gasteiger partial charge in [-0.3, -0.25) is 4.68 Å². The number of piperidine rings is 1. The maximum Gasteiger partial charge on any atom is 0.196 e. The predicted molar refractivity (Wildman–Crippen MR) is 127 cm³/mol. The van der Waals surface area contributed by atoms with E-state index in [9.17, 15) is 0 Å². The highest BCUT2D eigenvalue weighted by Gasteiger charge is 2.15. The van der Waals surface area contributed by atoms with Gasteiger partial charge in [0.2, 0.25) is 0 Å². The number of hydrogen-bond acceptors (Lipinski definition) is 5. The lowest BCUT2D eigenvalue weighted by Gasteiger charge is -2.30. The molecule has 0 aliphatic carbocycles. The molecule has 1 saturated heterocycles. The fourth-order valence-electron chi connectivity index (χ4n) is 4.04. The SMILES string of the molecule is CC1CCN(CCCNC(=NCc2cnn(C)c2)Nc2ccc3c(c2)OCCCO3)CC1. The zero-order valence-corrected chi connectivity index (χ0v) is 19.3. The maximum absolute atomic E-state index is 5.83. The number of fused-ring (bicyclic) bond motifs is 1. The number of benzene rings is 1. The quantitative estimate of drug-likeness (QED) is 0.391. The second kappa shape index (κ2) is 11.2. The van der Waals surface area contributed by atoms with Crippen LogP contribution in [0.3, 0.4) is 0 Å². The molecule has 0 unspecified atom stereocenters. The molecule has 0 bridgehead atoms. The number of hydrogen-bond donors (Lipinski definition) is 2. The summed E-state index contributed by atoms with van der Waals surface area (Å²) < 4.78 is 13.4. The second-order valence-electron chi connectivity index (χ2n) is 8.83. The molecule has 8 heteroatoms. The monoisotopic (exact) mass is 440 g/mol. The van der Waals surface area contributed by atoms with Crippen LogP contribution in [0.15, 0.2) is 35.6 Å². The largest absolute Gasteiger partial charge is 0.490 e. The number of likely N-dealkylation sites (tertiary alicyclic amines) is 1. The number of aliphatic imine (C=N–C) groups is 1. The number of aryl methyl sites for hydroxylation is 1. The second-order valence-corrected chi connectivity index (χ2v) is 8.83. The van der Waals surface area contributed by atoms with Gasteiger partial charge >= 0.3 is 0 Å². The highest BCUT2D eigenvalue weighted by atomic mass is 16.5. The van der Waals surface area contributed by atoms with E-state index in [0.29, 0.717) is 19.8 Å². The number of ether oxygens (including phenoxy) is 2. The van der Waals surface area contributed by atoms with E-state index in [1.165, 1.54) is 25.9 Å². The Morgan fingerprint density at radius 2 is 2.00 bits per heavy atom. The van der Waals surface area contributed by atoms with Crippen molar-refractivity contribution in [3.05, 3.63) is 36.2 Å². The molecule has 1 fully saturated rings. The number of guanidine groups is 1. The van der Waals surface area contributed by atoms with Crippen LogP contribution in [0.25, 0.3) is 0 Å². The molecule has 2 aromatic rings. The minimum absolute atomic E-state index is 0.567. The fourth-order valence-corrected chi connectivity index (χ4v) is 4.04. The molecular formula is C24H36N6O2. The zero-order valence-electron chi connectivity index (χ0n) is 19.3. The van der Waals surface area contributed by atoms with E-state index in [-0.39, 0.29) is 0 Å². The van der Waals surface area contributed by atoms with Gasteiger partial charge in [0, 0.05) is 43.5 Å². The average molecular weight is 441 g/mol. The van der Waals surface area contributed by atoms with E-state index >= 15 is 0 Å². The van der Waals surface area contributed by atoms with Crippen LogP contribution in [0.4, 0.5) is 5.69 Å². The van der Waals surface area contributed by atoms with Gasteiger partial charge in [0.1, 0.15) is 0 Å². The van der Waals surface area contributed by atoms with Gasteiger partial charge in [-0.15, -0.1) is 0 Å². The van der Waals surface area contributed by atoms with E-state index in [4.69, 9.17) is 14.5 Å². The number of anilines is 1. The van der Waals surface area contributed by atoms with Crippen molar-refractivity contribution in [2.24, 2.45) is 18.0 Å². The molecule has 8 nitrogen and oxygen atoms in total. The Bertz CT molecular complexity index is 888. The molecule has 1 aromatic heterocycles. The van der Waals surface area contributed by atoms with Gasteiger partial charge in [-0.05, 0) is 56.9 Å². The van der Waals surface area contributed by atoms with Crippen molar-refractivity contribution >= 4 is 11.6 Å². The van der Waals surface area contributed by atoms with Crippen LogP contribution in [0.5, 0.6) is 11.5 Å². The summed E-state index contributed by atoms with van der Waals surface area (Å²) in [6.45, 7) is 8.72. The summed E-state index contributed by atoms with van der Waals surface area (Å²) in [7, 11) is 1.92. The number of rotatable bonds is 7. The van der Waals surface area contributed by atoms with Gasteiger partial charge < -0.3 is 25.0 Å². The molecule has 2 N–H and O–H groups in total. The first-order valence-corrected chi connectivity index (χ1v) is 11.8. The molecule has 174 valence electrons. The van der Waals surface area contributed by atoms with Crippen molar-refractivity contribution in [2.75, 3.05) is 44.7 Å². The van der Waals surface area contributed by atoms with Crippen LogP contribution in [0.1, 0.15) is 38.2 Å². The Morgan fingerprint density at radius 3 is 2.78 bits per heavy atom. The van der Waals surface area contributed by atoms with Gasteiger partial charge in [0.15, 0.2) is 17.5 Å². The standard InChI is InChI=1S/C24H36N6O2/c1-19-7-11-30(12-8-19)10-3-9-25-24(26-16-20-17-27-29(2)18-20)28-21-5-6-22-23(15-21)32-14-4-13-31-22/h5-6,15,17-19H,3-4,7-14,16H2,1-2H3,(H2,25,26,28).